The van der Waals surface area contributed by atoms with Crippen molar-refractivity contribution in [3.63, 3.8) is 0 Å². The quantitative estimate of drug-likeness (QED) is 0.652. The Morgan fingerprint density at radius 1 is 1.43 bits per heavy atom. The summed E-state index contributed by atoms with van der Waals surface area (Å²) in [6.07, 6.45) is 3.58. The molecule has 1 unspecified atom stereocenters. The molecule has 2 rings (SSSR count). The Bertz CT molecular complexity index is 236. The summed E-state index contributed by atoms with van der Waals surface area (Å²) in [6.45, 7) is 0.435. The van der Waals surface area contributed by atoms with E-state index in [0.29, 0.717) is 6.54 Å². The number of rotatable bonds is 2. The Labute approximate surface area is 83.5 Å². The van der Waals surface area contributed by atoms with Gasteiger partial charge in [0.1, 0.15) is 0 Å². The minimum atomic E-state index is -0.536. The van der Waals surface area contributed by atoms with E-state index in [4.69, 9.17) is 0 Å². The van der Waals surface area contributed by atoms with Crippen LogP contribution in [0.2, 0.25) is 0 Å². The summed E-state index contributed by atoms with van der Waals surface area (Å²) in [5.41, 5.74) is -0.353. The van der Waals surface area contributed by atoms with Gasteiger partial charge in [-0.2, -0.15) is 0 Å². The monoisotopic (exact) mass is 199 g/mol. The van der Waals surface area contributed by atoms with Crippen LogP contribution in [-0.2, 0) is 4.79 Å². The van der Waals surface area contributed by atoms with E-state index in [9.17, 15) is 15.0 Å². The SMILES string of the molecule is O=C1CC(O)CN1C1(CO)CCCC1. The zero-order valence-corrected chi connectivity index (χ0v) is 8.28. The van der Waals surface area contributed by atoms with Gasteiger partial charge in [0.2, 0.25) is 5.91 Å². The molecule has 1 aliphatic carbocycles. The molecule has 0 aromatic heterocycles. The molecule has 0 radical (unpaired) electrons. The molecule has 1 aliphatic heterocycles. The fourth-order valence-electron chi connectivity index (χ4n) is 2.69. The lowest BCUT2D eigenvalue weighted by molar-refractivity contribution is -0.134. The zero-order valence-electron chi connectivity index (χ0n) is 8.28. The number of amides is 1. The third kappa shape index (κ3) is 1.42. The molecule has 4 nitrogen and oxygen atoms in total. The lowest BCUT2D eigenvalue weighted by Crippen LogP contribution is -2.50. The number of carbonyl (C=O) groups is 1. The molecule has 1 atom stereocenters. The smallest absolute Gasteiger partial charge is 0.225 e. The Balaban J connectivity index is 2.15. The topological polar surface area (TPSA) is 60.8 Å². The van der Waals surface area contributed by atoms with Crippen LogP contribution in [0.4, 0.5) is 0 Å². The predicted octanol–water partition coefficient (Wildman–Crippen LogP) is -0.115. The number of nitrogens with zero attached hydrogens (tertiary/aromatic N) is 1. The normalized spacial score (nSPS) is 31.4. The summed E-state index contributed by atoms with van der Waals surface area (Å²) in [6, 6.07) is 0. The third-order valence-electron chi connectivity index (χ3n) is 3.51. The van der Waals surface area contributed by atoms with Crippen LogP contribution in [-0.4, -0.2) is 45.8 Å². The number of aliphatic hydroxyl groups excluding tert-OH is 2. The number of β-amino-alcohol motifs (C(OH)–C–C–N with tert-alkyl or cyclic N) is 1. The van der Waals surface area contributed by atoms with Crippen molar-refractivity contribution in [1.82, 2.24) is 4.90 Å². The van der Waals surface area contributed by atoms with E-state index in [1.165, 1.54) is 0 Å². The molecule has 2 aliphatic rings. The summed E-state index contributed by atoms with van der Waals surface area (Å²) >= 11 is 0. The fourth-order valence-corrected chi connectivity index (χ4v) is 2.69. The van der Waals surface area contributed by atoms with Crippen molar-refractivity contribution in [2.75, 3.05) is 13.2 Å². The van der Waals surface area contributed by atoms with Gasteiger partial charge in [0.25, 0.3) is 0 Å². The van der Waals surface area contributed by atoms with E-state index < -0.39 is 6.10 Å². The molecular formula is C10H17NO3. The van der Waals surface area contributed by atoms with Crippen LogP contribution in [0.3, 0.4) is 0 Å². The molecule has 0 bridgehead atoms. The average molecular weight is 199 g/mol. The van der Waals surface area contributed by atoms with Crippen LogP contribution >= 0.6 is 0 Å². The molecular weight excluding hydrogens is 182 g/mol. The number of carbonyl (C=O) groups excluding carboxylic acids is 1. The van der Waals surface area contributed by atoms with Gasteiger partial charge in [0.05, 0.1) is 24.7 Å². The molecule has 1 saturated heterocycles. The molecule has 1 heterocycles. The first-order chi connectivity index (χ1) is 6.68. The van der Waals surface area contributed by atoms with Crippen LogP contribution in [0, 0.1) is 0 Å². The van der Waals surface area contributed by atoms with Crippen LogP contribution in [0.25, 0.3) is 0 Å². The maximum atomic E-state index is 11.6. The maximum absolute atomic E-state index is 11.6. The summed E-state index contributed by atoms with van der Waals surface area (Å²) in [7, 11) is 0. The Kier molecular flexibility index (Phi) is 2.49. The largest absolute Gasteiger partial charge is 0.394 e. The van der Waals surface area contributed by atoms with Crippen LogP contribution in [0.1, 0.15) is 32.1 Å². The van der Waals surface area contributed by atoms with Gasteiger partial charge in [-0.15, -0.1) is 0 Å². The van der Waals surface area contributed by atoms with E-state index in [1.54, 1.807) is 4.90 Å². The minimum absolute atomic E-state index is 0.00606. The van der Waals surface area contributed by atoms with Gasteiger partial charge < -0.3 is 15.1 Å². The highest BCUT2D eigenvalue weighted by Gasteiger charge is 2.45. The second kappa shape index (κ2) is 3.51. The first-order valence-corrected chi connectivity index (χ1v) is 5.27. The number of hydrogen-bond acceptors (Lipinski definition) is 3. The molecule has 0 spiro atoms. The second-order valence-electron chi connectivity index (χ2n) is 4.45. The number of aliphatic hydroxyl groups is 2. The van der Waals surface area contributed by atoms with E-state index in [1.807, 2.05) is 0 Å². The van der Waals surface area contributed by atoms with Crippen LogP contribution in [0.5, 0.6) is 0 Å². The highest BCUT2D eigenvalue weighted by molar-refractivity contribution is 5.80. The van der Waals surface area contributed by atoms with Gasteiger partial charge in [-0.25, -0.2) is 0 Å². The predicted molar refractivity (Wildman–Crippen MR) is 50.6 cm³/mol. The summed E-state index contributed by atoms with van der Waals surface area (Å²) < 4.78 is 0. The van der Waals surface area contributed by atoms with Crippen LogP contribution in [0.15, 0.2) is 0 Å². The van der Waals surface area contributed by atoms with Crippen molar-refractivity contribution in [3.05, 3.63) is 0 Å². The first-order valence-electron chi connectivity index (χ1n) is 5.27. The van der Waals surface area contributed by atoms with Crippen molar-refractivity contribution < 1.29 is 15.0 Å². The van der Waals surface area contributed by atoms with Gasteiger partial charge in [-0.05, 0) is 12.8 Å². The fraction of sp³-hybridized carbons (Fsp3) is 0.900. The van der Waals surface area contributed by atoms with Gasteiger partial charge >= 0.3 is 0 Å². The highest BCUT2D eigenvalue weighted by Crippen LogP contribution is 2.37. The Morgan fingerprint density at radius 3 is 2.50 bits per heavy atom. The first kappa shape index (κ1) is 9.93. The van der Waals surface area contributed by atoms with Crippen molar-refractivity contribution in [1.29, 1.82) is 0 Å². The molecule has 2 N–H and O–H groups in total. The third-order valence-corrected chi connectivity index (χ3v) is 3.51. The average Bonchev–Trinajstić information content (AvgIpc) is 2.73. The summed E-state index contributed by atoms with van der Waals surface area (Å²) in [5.74, 6) is -0.00606. The Morgan fingerprint density at radius 2 is 2.07 bits per heavy atom. The molecule has 14 heavy (non-hydrogen) atoms. The Hall–Kier alpha value is -0.610. The summed E-state index contributed by atoms with van der Waals surface area (Å²) in [4.78, 5) is 13.3. The lowest BCUT2D eigenvalue weighted by Gasteiger charge is -2.37. The van der Waals surface area contributed by atoms with Gasteiger partial charge in [-0.1, -0.05) is 12.8 Å². The van der Waals surface area contributed by atoms with Crippen molar-refractivity contribution in [2.24, 2.45) is 0 Å². The molecule has 2 fully saturated rings. The zero-order chi connectivity index (χ0) is 10.2. The molecule has 1 saturated carbocycles. The minimum Gasteiger partial charge on any atom is -0.394 e. The van der Waals surface area contributed by atoms with Crippen LogP contribution < -0.4 is 0 Å². The molecule has 80 valence electrons. The highest BCUT2D eigenvalue weighted by atomic mass is 16.3. The number of likely N-dealkylation sites (tertiary alicyclic amines) is 1. The van der Waals surface area contributed by atoms with Gasteiger partial charge in [-0.3, -0.25) is 4.79 Å². The second-order valence-corrected chi connectivity index (χ2v) is 4.45. The summed E-state index contributed by atoms with van der Waals surface area (Å²) in [5, 5.41) is 18.8. The standard InChI is InChI=1S/C10H17NO3/c12-7-10(3-1-2-4-10)11-6-8(13)5-9(11)14/h8,12-13H,1-7H2. The maximum Gasteiger partial charge on any atom is 0.225 e. The molecule has 0 aromatic carbocycles. The molecule has 4 heteroatoms. The van der Waals surface area contributed by atoms with Crippen molar-refractivity contribution >= 4 is 5.91 Å². The van der Waals surface area contributed by atoms with Gasteiger partial charge in [0.15, 0.2) is 0 Å². The number of hydrogen-bond donors (Lipinski definition) is 2. The van der Waals surface area contributed by atoms with Crippen molar-refractivity contribution in [2.45, 2.75) is 43.7 Å². The van der Waals surface area contributed by atoms with E-state index >= 15 is 0 Å². The van der Waals surface area contributed by atoms with Gasteiger partial charge in [0, 0.05) is 6.54 Å². The van der Waals surface area contributed by atoms with Crippen molar-refractivity contribution in [3.8, 4) is 0 Å². The molecule has 0 aromatic rings. The molecule has 1 amide bonds. The lowest BCUT2D eigenvalue weighted by atomic mass is 9.97. The van der Waals surface area contributed by atoms with E-state index in [-0.39, 0.29) is 24.5 Å². The van der Waals surface area contributed by atoms with E-state index in [0.717, 1.165) is 25.7 Å². The van der Waals surface area contributed by atoms with E-state index in [2.05, 4.69) is 0 Å².